The first-order chi connectivity index (χ1) is 12.7. The minimum atomic E-state index is -0.0582. The predicted octanol–water partition coefficient (Wildman–Crippen LogP) is 5.81. The molecule has 0 spiro atoms. The number of benzene rings is 3. The van der Waals surface area contributed by atoms with E-state index in [1.54, 1.807) is 4.90 Å². The molecule has 1 heterocycles. The van der Waals surface area contributed by atoms with Crippen molar-refractivity contribution in [2.45, 2.75) is 13.3 Å². The highest BCUT2D eigenvalue weighted by atomic mass is 32.2. The molecular weight excluding hydrogens is 358 g/mol. The van der Waals surface area contributed by atoms with Crippen molar-refractivity contribution < 1.29 is 4.79 Å². The van der Waals surface area contributed by atoms with Gasteiger partial charge in [-0.2, -0.15) is 0 Å². The molecule has 26 heavy (non-hydrogen) atoms. The molecule has 1 aliphatic heterocycles. The number of amides is 1. The van der Waals surface area contributed by atoms with Crippen molar-refractivity contribution >= 4 is 56.7 Å². The SMILES string of the molecule is CCc1ccc(N2C(=O)C(=Cc3cccc4ccccc34)SC2=S)cc1. The summed E-state index contributed by atoms with van der Waals surface area (Å²) < 4.78 is 0.575. The van der Waals surface area contributed by atoms with Crippen LogP contribution in [0.1, 0.15) is 18.1 Å². The minimum absolute atomic E-state index is 0.0582. The van der Waals surface area contributed by atoms with Crippen LogP contribution in [0.15, 0.2) is 71.6 Å². The maximum atomic E-state index is 13.0. The number of fused-ring (bicyclic) bond motifs is 1. The van der Waals surface area contributed by atoms with E-state index in [0.717, 1.165) is 28.4 Å². The molecule has 0 saturated carbocycles. The second-order valence-corrected chi connectivity index (χ2v) is 7.78. The van der Waals surface area contributed by atoms with Gasteiger partial charge >= 0.3 is 0 Å². The van der Waals surface area contributed by atoms with Crippen LogP contribution in [0.3, 0.4) is 0 Å². The van der Waals surface area contributed by atoms with Crippen LogP contribution in [-0.4, -0.2) is 10.2 Å². The van der Waals surface area contributed by atoms with E-state index < -0.39 is 0 Å². The van der Waals surface area contributed by atoms with E-state index in [4.69, 9.17) is 12.2 Å². The summed E-state index contributed by atoms with van der Waals surface area (Å²) in [7, 11) is 0. The van der Waals surface area contributed by atoms with Gasteiger partial charge in [-0.1, -0.05) is 85.5 Å². The van der Waals surface area contributed by atoms with Crippen LogP contribution >= 0.6 is 24.0 Å². The Hall–Kier alpha value is -2.43. The lowest BCUT2D eigenvalue weighted by Gasteiger charge is -2.14. The molecule has 128 valence electrons. The summed E-state index contributed by atoms with van der Waals surface area (Å²) in [5.74, 6) is -0.0582. The maximum absolute atomic E-state index is 13.0. The fourth-order valence-corrected chi connectivity index (χ4v) is 4.38. The monoisotopic (exact) mass is 375 g/mol. The highest BCUT2D eigenvalue weighted by Crippen LogP contribution is 2.36. The van der Waals surface area contributed by atoms with Gasteiger partial charge in [-0.3, -0.25) is 9.69 Å². The van der Waals surface area contributed by atoms with Gasteiger partial charge in [0.1, 0.15) is 0 Å². The normalized spacial score (nSPS) is 16.0. The Labute approximate surface area is 162 Å². The molecule has 0 bridgehead atoms. The van der Waals surface area contributed by atoms with Gasteiger partial charge in [0.05, 0.1) is 10.6 Å². The Bertz CT molecular complexity index is 1030. The number of hydrogen-bond donors (Lipinski definition) is 0. The average Bonchev–Trinajstić information content (AvgIpc) is 2.95. The Morgan fingerprint density at radius 3 is 2.50 bits per heavy atom. The van der Waals surface area contributed by atoms with Crippen molar-refractivity contribution in [3.8, 4) is 0 Å². The highest BCUT2D eigenvalue weighted by molar-refractivity contribution is 8.27. The van der Waals surface area contributed by atoms with Gasteiger partial charge in [-0.25, -0.2) is 0 Å². The van der Waals surface area contributed by atoms with Crippen LogP contribution in [0.4, 0.5) is 5.69 Å². The van der Waals surface area contributed by atoms with Gasteiger partial charge in [-0.15, -0.1) is 0 Å². The van der Waals surface area contributed by atoms with Crippen molar-refractivity contribution in [2.75, 3.05) is 4.90 Å². The summed E-state index contributed by atoms with van der Waals surface area (Å²) in [5.41, 5.74) is 3.10. The van der Waals surface area contributed by atoms with Crippen LogP contribution in [0.25, 0.3) is 16.8 Å². The van der Waals surface area contributed by atoms with Crippen molar-refractivity contribution in [2.24, 2.45) is 0 Å². The van der Waals surface area contributed by atoms with Gasteiger partial charge in [0.15, 0.2) is 4.32 Å². The van der Waals surface area contributed by atoms with Crippen molar-refractivity contribution in [3.63, 3.8) is 0 Å². The molecule has 1 saturated heterocycles. The fraction of sp³-hybridized carbons (Fsp3) is 0.0909. The molecule has 0 aliphatic carbocycles. The molecule has 1 fully saturated rings. The Kier molecular flexibility index (Phi) is 4.62. The second-order valence-electron chi connectivity index (χ2n) is 6.11. The average molecular weight is 376 g/mol. The van der Waals surface area contributed by atoms with E-state index >= 15 is 0 Å². The maximum Gasteiger partial charge on any atom is 0.270 e. The molecule has 4 rings (SSSR count). The number of carbonyl (C=O) groups is 1. The Morgan fingerprint density at radius 2 is 1.73 bits per heavy atom. The van der Waals surface area contributed by atoms with E-state index in [1.807, 2.05) is 54.6 Å². The van der Waals surface area contributed by atoms with Crippen LogP contribution < -0.4 is 4.90 Å². The van der Waals surface area contributed by atoms with E-state index in [2.05, 4.69) is 25.1 Å². The molecule has 4 heteroatoms. The molecule has 0 radical (unpaired) electrons. The molecule has 0 N–H and O–H groups in total. The lowest BCUT2D eigenvalue weighted by Crippen LogP contribution is -2.27. The molecule has 2 nitrogen and oxygen atoms in total. The number of hydrogen-bond acceptors (Lipinski definition) is 3. The summed E-state index contributed by atoms with van der Waals surface area (Å²) in [6.45, 7) is 2.11. The molecule has 1 amide bonds. The largest absolute Gasteiger partial charge is 0.270 e. The summed E-state index contributed by atoms with van der Waals surface area (Å²) >= 11 is 6.84. The van der Waals surface area contributed by atoms with Gasteiger partial charge in [0.2, 0.25) is 0 Å². The number of thioether (sulfide) groups is 1. The molecule has 0 atom stereocenters. The summed E-state index contributed by atoms with van der Waals surface area (Å²) in [6.07, 6.45) is 2.92. The van der Waals surface area contributed by atoms with Crippen LogP contribution in [0.5, 0.6) is 0 Å². The minimum Gasteiger partial charge on any atom is -0.268 e. The first kappa shape index (κ1) is 17.0. The quantitative estimate of drug-likeness (QED) is 0.426. The zero-order valence-electron chi connectivity index (χ0n) is 14.3. The van der Waals surface area contributed by atoms with Crippen LogP contribution in [-0.2, 0) is 11.2 Å². The topological polar surface area (TPSA) is 20.3 Å². The molecule has 1 aliphatic rings. The summed E-state index contributed by atoms with van der Waals surface area (Å²) in [4.78, 5) is 15.2. The molecule has 0 unspecified atom stereocenters. The van der Waals surface area contributed by atoms with E-state index in [-0.39, 0.29) is 5.91 Å². The first-order valence-corrected chi connectivity index (χ1v) is 9.74. The number of nitrogens with zero attached hydrogens (tertiary/aromatic N) is 1. The van der Waals surface area contributed by atoms with Gasteiger partial charge < -0.3 is 0 Å². The summed E-state index contributed by atoms with van der Waals surface area (Å²) in [6, 6.07) is 22.3. The van der Waals surface area contributed by atoms with Gasteiger partial charge in [0.25, 0.3) is 5.91 Å². The lowest BCUT2D eigenvalue weighted by molar-refractivity contribution is -0.113. The molecule has 3 aromatic carbocycles. The third-order valence-corrected chi connectivity index (χ3v) is 5.81. The van der Waals surface area contributed by atoms with Gasteiger partial charge in [-0.05, 0) is 46.5 Å². The Morgan fingerprint density at radius 1 is 1.00 bits per heavy atom. The predicted molar refractivity (Wildman–Crippen MR) is 115 cm³/mol. The zero-order valence-corrected chi connectivity index (χ0v) is 15.9. The molecule has 0 aromatic heterocycles. The van der Waals surface area contributed by atoms with Gasteiger partial charge in [0, 0.05) is 0 Å². The Balaban J connectivity index is 1.71. The van der Waals surface area contributed by atoms with E-state index in [1.165, 1.54) is 17.3 Å². The fourth-order valence-electron chi connectivity index (χ4n) is 3.09. The highest BCUT2D eigenvalue weighted by Gasteiger charge is 2.33. The van der Waals surface area contributed by atoms with E-state index in [0.29, 0.717) is 9.23 Å². The summed E-state index contributed by atoms with van der Waals surface area (Å²) in [5, 5.41) is 2.29. The molecule has 3 aromatic rings. The lowest BCUT2D eigenvalue weighted by atomic mass is 10.0. The van der Waals surface area contributed by atoms with Crippen molar-refractivity contribution in [1.82, 2.24) is 0 Å². The van der Waals surface area contributed by atoms with Crippen LogP contribution in [0, 0.1) is 0 Å². The number of aryl methyl sites for hydroxylation is 1. The number of rotatable bonds is 3. The standard InChI is InChI=1S/C22H17NOS2/c1-2-15-10-12-18(13-11-15)23-21(24)20(26-22(23)25)14-17-8-5-7-16-6-3-4-9-19(16)17/h3-14H,2H2,1H3. The first-order valence-electron chi connectivity index (χ1n) is 8.52. The number of anilines is 1. The zero-order chi connectivity index (χ0) is 18.1. The van der Waals surface area contributed by atoms with Crippen molar-refractivity contribution in [3.05, 3.63) is 82.8 Å². The van der Waals surface area contributed by atoms with Crippen molar-refractivity contribution in [1.29, 1.82) is 0 Å². The number of thiocarbonyl (C=S) groups is 1. The number of carbonyl (C=O) groups excluding carboxylic acids is 1. The molecular formula is C22H17NOS2. The van der Waals surface area contributed by atoms with E-state index in [9.17, 15) is 4.79 Å². The second kappa shape index (κ2) is 7.06. The van der Waals surface area contributed by atoms with Crippen LogP contribution in [0.2, 0.25) is 0 Å². The third-order valence-electron chi connectivity index (χ3n) is 4.51. The smallest absolute Gasteiger partial charge is 0.268 e. The third kappa shape index (κ3) is 3.06.